The van der Waals surface area contributed by atoms with Crippen molar-refractivity contribution in [3.05, 3.63) is 0 Å². The van der Waals surface area contributed by atoms with Gasteiger partial charge in [-0.2, -0.15) is 0 Å². The fraction of sp³-hybridized carbons (Fsp3) is 1.00. The molecule has 0 bridgehead atoms. The van der Waals surface area contributed by atoms with Crippen LogP contribution in [-0.2, 0) is 21.1 Å². The summed E-state index contributed by atoms with van der Waals surface area (Å²) in [6.07, 6.45) is 9.90. The molecule has 0 aliphatic heterocycles. The first-order valence-corrected chi connectivity index (χ1v) is 8.46. The van der Waals surface area contributed by atoms with Crippen molar-refractivity contribution in [3.8, 4) is 0 Å². The molecule has 0 saturated heterocycles. The Hall–Kier alpha value is 0.684. The second-order valence-corrected chi connectivity index (χ2v) is 7.00. The van der Waals surface area contributed by atoms with Gasteiger partial charge in [0, 0.05) is 28.8 Å². The first-order valence-electron chi connectivity index (χ1n) is 6.43. The summed E-state index contributed by atoms with van der Waals surface area (Å²) in [5.41, 5.74) is 0. The normalized spacial score (nSPS) is 11.2. The van der Waals surface area contributed by atoms with E-state index in [-0.39, 0.29) is 16.5 Å². The van der Waals surface area contributed by atoms with E-state index < -0.39 is 7.37 Å². The predicted octanol–water partition coefficient (Wildman–Crippen LogP) is 4.41. The van der Waals surface area contributed by atoms with Gasteiger partial charge in [0.2, 0.25) is 7.37 Å². The zero-order chi connectivity index (χ0) is 11.6. The van der Waals surface area contributed by atoms with E-state index in [9.17, 15) is 9.46 Å². The van der Waals surface area contributed by atoms with E-state index in [0.717, 1.165) is 25.7 Å². The average molecular weight is 293 g/mol. The van der Waals surface area contributed by atoms with Gasteiger partial charge >= 0.3 is 0 Å². The number of rotatable bonds is 10. The van der Waals surface area contributed by atoms with Crippen molar-refractivity contribution in [1.29, 1.82) is 0 Å². The molecular formula is C12H27NiO2P. The van der Waals surface area contributed by atoms with E-state index in [1.807, 2.05) is 0 Å². The van der Waals surface area contributed by atoms with E-state index in [1.54, 1.807) is 0 Å². The average Bonchev–Trinajstić information content (AvgIpc) is 2.20. The summed E-state index contributed by atoms with van der Waals surface area (Å²) < 4.78 is 11.7. The molecule has 0 aromatic rings. The van der Waals surface area contributed by atoms with Crippen molar-refractivity contribution in [2.45, 2.75) is 65.2 Å². The number of hydrogen-bond acceptors (Lipinski definition) is 1. The molecule has 0 heterocycles. The molecule has 0 unspecified atom stereocenters. The largest absolute Gasteiger partial charge is 0.344 e. The molecule has 1 N–H and O–H groups in total. The fourth-order valence-electron chi connectivity index (χ4n) is 1.68. The Morgan fingerprint density at radius 2 is 1.19 bits per heavy atom. The molecule has 0 spiro atoms. The second-order valence-electron chi connectivity index (χ2n) is 4.41. The summed E-state index contributed by atoms with van der Waals surface area (Å²) in [7, 11) is -2.77. The summed E-state index contributed by atoms with van der Waals surface area (Å²) >= 11 is 0. The third kappa shape index (κ3) is 12.8. The summed E-state index contributed by atoms with van der Waals surface area (Å²) in [6, 6.07) is 0. The molecule has 0 saturated carbocycles. The third-order valence-corrected chi connectivity index (χ3v) is 4.75. The smallest absolute Gasteiger partial charge is 0.200 e. The van der Waals surface area contributed by atoms with Crippen molar-refractivity contribution < 1.29 is 25.9 Å². The van der Waals surface area contributed by atoms with Crippen LogP contribution in [-0.4, -0.2) is 17.2 Å². The van der Waals surface area contributed by atoms with E-state index in [1.165, 1.54) is 25.7 Å². The topological polar surface area (TPSA) is 37.3 Å². The number of unbranched alkanes of at least 4 members (excludes halogenated alkanes) is 6. The van der Waals surface area contributed by atoms with Gasteiger partial charge in [0.05, 0.1) is 0 Å². The Balaban J connectivity index is 0. The van der Waals surface area contributed by atoms with Gasteiger partial charge in [-0.3, -0.25) is 4.57 Å². The summed E-state index contributed by atoms with van der Waals surface area (Å²) in [5, 5.41) is 0. The summed E-state index contributed by atoms with van der Waals surface area (Å²) in [4.78, 5) is 9.67. The maximum absolute atomic E-state index is 11.7. The molecule has 0 aromatic heterocycles. The van der Waals surface area contributed by atoms with Crippen LogP contribution in [0.5, 0.6) is 0 Å². The van der Waals surface area contributed by atoms with E-state index in [2.05, 4.69) is 13.8 Å². The standard InChI is InChI=1S/C12H27O2P.Ni/c1-3-5-7-9-11-15(13,14)12-10-8-6-4-2;/h3-12H2,1-2H3,(H,13,14);. The fourth-order valence-corrected chi connectivity index (χ4v) is 3.34. The van der Waals surface area contributed by atoms with Gasteiger partial charge in [0.1, 0.15) is 0 Å². The molecule has 102 valence electrons. The molecule has 0 fully saturated rings. The van der Waals surface area contributed by atoms with Crippen LogP contribution >= 0.6 is 7.37 Å². The molecule has 0 aromatic carbocycles. The Kier molecular flexibility index (Phi) is 14.5. The first-order chi connectivity index (χ1) is 7.12. The van der Waals surface area contributed by atoms with Crippen molar-refractivity contribution in [3.63, 3.8) is 0 Å². The van der Waals surface area contributed by atoms with E-state index >= 15 is 0 Å². The minimum atomic E-state index is -2.77. The SMILES string of the molecule is CCCCCCP(=O)(O)CCCCCC.[Ni]. The van der Waals surface area contributed by atoms with Gasteiger partial charge in [-0.25, -0.2) is 0 Å². The molecule has 0 atom stereocenters. The molecule has 0 aliphatic rings. The first kappa shape index (κ1) is 19.0. The van der Waals surface area contributed by atoms with Crippen molar-refractivity contribution >= 4 is 7.37 Å². The van der Waals surface area contributed by atoms with Crippen LogP contribution in [0.2, 0.25) is 0 Å². The third-order valence-electron chi connectivity index (χ3n) is 2.72. The molecule has 16 heavy (non-hydrogen) atoms. The molecule has 2 nitrogen and oxygen atoms in total. The predicted molar refractivity (Wildman–Crippen MR) is 67.8 cm³/mol. The Morgan fingerprint density at radius 1 is 0.812 bits per heavy atom. The van der Waals surface area contributed by atoms with Crippen LogP contribution < -0.4 is 0 Å². The molecule has 0 aliphatic carbocycles. The summed E-state index contributed by atoms with van der Waals surface area (Å²) in [5.74, 6) is 0. The monoisotopic (exact) mass is 292 g/mol. The van der Waals surface area contributed by atoms with Crippen LogP contribution in [0, 0.1) is 0 Å². The van der Waals surface area contributed by atoms with Gasteiger partial charge in [0.25, 0.3) is 0 Å². The maximum Gasteiger partial charge on any atom is 0.200 e. The Labute approximate surface area is 111 Å². The van der Waals surface area contributed by atoms with Crippen LogP contribution in [0.1, 0.15) is 65.2 Å². The Morgan fingerprint density at radius 3 is 1.50 bits per heavy atom. The van der Waals surface area contributed by atoms with Crippen LogP contribution in [0.25, 0.3) is 0 Å². The molecule has 0 amide bonds. The second kappa shape index (κ2) is 12.1. The van der Waals surface area contributed by atoms with Gasteiger partial charge in [0.15, 0.2) is 0 Å². The van der Waals surface area contributed by atoms with Crippen LogP contribution in [0.4, 0.5) is 0 Å². The molecule has 4 heteroatoms. The van der Waals surface area contributed by atoms with Gasteiger partial charge in [-0.1, -0.05) is 52.4 Å². The van der Waals surface area contributed by atoms with Crippen LogP contribution in [0.15, 0.2) is 0 Å². The maximum atomic E-state index is 11.7. The minimum absolute atomic E-state index is 0. The Bertz CT molecular complexity index is 170. The van der Waals surface area contributed by atoms with Gasteiger partial charge < -0.3 is 4.89 Å². The van der Waals surface area contributed by atoms with Gasteiger partial charge in [-0.05, 0) is 12.8 Å². The zero-order valence-corrected chi connectivity index (χ0v) is 12.6. The van der Waals surface area contributed by atoms with E-state index in [4.69, 9.17) is 0 Å². The zero-order valence-electron chi connectivity index (χ0n) is 10.7. The quantitative estimate of drug-likeness (QED) is 0.368. The minimum Gasteiger partial charge on any atom is -0.344 e. The molecular weight excluding hydrogens is 266 g/mol. The van der Waals surface area contributed by atoms with E-state index in [0.29, 0.717) is 12.3 Å². The summed E-state index contributed by atoms with van der Waals surface area (Å²) in [6.45, 7) is 4.31. The molecule has 0 radical (unpaired) electrons. The van der Waals surface area contributed by atoms with Crippen molar-refractivity contribution in [2.75, 3.05) is 12.3 Å². The van der Waals surface area contributed by atoms with Gasteiger partial charge in [-0.15, -0.1) is 0 Å². The molecule has 0 rings (SSSR count). The van der Waals surface area contributed by atoms with Crippen molar-refractivity contribution in [1.82, 2.24) is 0 Å². The number of hydrogen-bond donors (Lipinski definition) is 1. The van der Waals surface area contributed by atoms with Crippen molar-refractivity contribution in [2.24, 2.45) is 0 Å². The van der Waals surface area contributed by atoms with Crippen LogP contribution in [0.3, 0.4) is 0 Å².